The van der Waals surface area contributed by atoms with Crippen LogP contribution in [0.15, 0.2) is 83.9 Å². The summed E-state index contributed by atoms with van der Waals surface area (Å²) in [4.78, 5) is 12.0. The third-order valence-electron chi connectivity index (χ3n) is 5.78. The number of aliphatic carboxylic acids is 1. The van der Waals surface area contributed by atoms with Gasteiger partial charge in [0.1, 0.15) is 18.4 Å². The van der Waals surface area contributed by atoms with Crippen LogP contribution in [0.3, 0.4) is 0 Å². The molecule has 4 rings (SSSR count). The molecule has 0 fully saturated rings. The van der Waals surface area contributed by atoms with Crippen molar-refractivity contribution in [2.24, 2.45) is 0 Å². The quantitative estimate of drug-likeness (QED) is 0.286. The molecule has 3 aromatic carbocycles. The van der Waals surface area contributed by atoms with E-state index >= 15 is 0 Å². The monoisotopic (exact) mass is 536 g/mol. The lowest BCUT2D eigenvalue weighted by molar-refractivity contribution is -0.138. The minimum atomic E-state index is -4.10. The highest BCUT2D eigenvalue weighted by atomic mass is 35.5. The van der Waals surface area contributed by atoms with Crippen molar-refractivity contribution in [3.63, 3.8) is 0 Å². The van der Waals surface area contributed by atoms with Crippen molar-refractivity contribution in [3.05, 3.63) is 95.1 Å². The first-order valence-electron chi connectivity index (χ1n) is 11.5. The van der Waals surface area contributed by atoms with E-state index in [0.717, 1.165) is 22.0 Å². The molecule has 0 spiro atoms. The van der Waals surface area contributed by atoms with Gasteiger partial charge in [0.05, 0.1) is 4.90 Å². The minimum absolute atomic E-state index is 0.0282. The van der Waals surface area contributed by atoms with Gasteiger partial charge in [-0.1, -0.05) is 47.9 Å². The minimum Gasteiger partial charge on any atom is -0.481 e. The highest BCUT2D eigenvalue weighted by Crippen LogP contribution is 2.25. The summed E-state index contributed by atoms with van der Waals surface area (Å²) in [5.41, 5.74) is 2.67. The highest BCUT2D eigenvalue weighted by Gasteiger charge is 2.27. The Bertz CT molecular complexity index is 1570. The van der Waals surface area contributed by atoms with E-state index in [1.165, 1.54) is 24.3 Å². The molecule has 0 unspecified atom stereocenters. The van der Waals surface area contributed by atoms with Crippen LogP contribution >= 0.6 is 11.6 Å². The fraction of sp³-hybridized carbons (Fsp3) is 0.179. The average molecular weight is 537 g/mol. The molecule has 1 heterocycles. The number of nitrogens with zero attached hydrogens (tertiary/aromatic N) is 1. The number of carboxylic acid groups (broad SMARTS) is 1. The summed E-state index contributed by atoms with van der Waals surface area (Å²) in [7, 11) is -4.10. The van der Waals surface area contributed by atoms with Gasteiger partial charge < -0.3 is 14.4 Å². The van der Waals surface area contributed by atoms with Gasteiger partial charge in [-0.15, -0.1) is 5.92 Å². The van der Waals surface area contributed by atoms with E-state index in [9.17, 15) is 18.3 Å². The first kappa shape index (κ1) is 26.3. The molecule has 1 aromatic heterocycles. The SMILES string of the molecule is CC#CCOc1ccc(S(=O)(=O)N[C@@H](Cc2cn(Cc3ccc(Cl)cc3)c3ccccc23)C(=O)O)cc1. The number of ether oxygens (including phenoxy) is 1. The van der Waals surface area contributed by atoms with Gasteiger partial charge in [-0.2, -0.15) is 4.72 Å². The molecule has 37 heavy (non-hydrogen) atoms. The van der Waals surface area contributed by atoms with E-state index in [0.29, 0.717) is 17.3 Å². The molecule has 0 aliphatic carbocycles. The Morgan fingerprint density at radius 3 is 2.46 bits per heavy atom. The maximum absolute atomic E-state index is 13.0. The zero-order valence-corrected chi connectivity index (χ0v) is 21.6. The summed E-state index contributed by atoms with van der Waals surface area (Å²) in [6, 6.07) is 19.5. The summed E-state index contributed by atoms with van der Waals surface area (Å²) in [6.07, 6.45) is 1.84. The molecule has 0 aliphatic rings. The normalized spacial score (nSPS) is 12.1. The van der Waals surface area contributed by atoms with Gasteiger partial charge in [-0.25, -0.2) is 8.42 Å². The summed E-state index contributed by atoms with van der Waals surface area (Å²) < 4.78 is 35.8. The molecule has 4 aromatic rings. The molecule has 0 amide bonds. The maximum atomic E-state index is 13.0. The van der Waals surface area contributed by atoms with E-state index in [4.69, 9.17) is 16.3 Å². The van der Waals surface area contributed by atoms with Crippen LogP contribution in [0.1, 0.15) is 18.1 Å². The standard InChI is InChI=1S/C28H25ClN2O5S/c1-2-3-16-36-23-12-14-24(15-13-23)37(34,35)30-26(28(32)33)17-21-19-31(27-7-5-4-6-25(21)27)18-20-8-10-22(29)11-9-20/h4-15,19,26,30H,16-18H2,1H3,(H,32,33)/t26-/m0/s1. The first-order valence-corrected chi connectivity index (χ1v) is 13.3. The molecule has 0 aliphatic heterocycles. The van der Waals surface area contributed by atoms with E-state index in [1.807, 2.05) is 59.3 Å². The van der Waals surface area contributed by atoms with Gasteiger partial charge in [0.2, 0.25) is 10.0 Å². The predicted molar refractivity (Wildman–Crippen MR) is 143 cm³/mol. The van der Waals surface area contributed by atoms with Gasteiger partial charge >= 0.3 is 5.97 Å². The van der Waals surface area contributed by atoms with Crippen LogP contribution in [-0.4, -0.2) is 36.7 Å². The largest absolute Gasteiger partial charge is 0.481 e. The second kappa shape index (κ2) is 11.5. The molecular weight excluding hydrogens is 512 g/mol. The number of para-hydroxylation sites is 1. The number of hydrogen-bond donors (Lipinski definition) is 2. The average Bonchev–Trinajstić information content (AvgIpc) is 3.22. The molecule has 190 valence electrons. The lowest BCUT2D eigenvalue weighted by Gasteiger charge is -2.15. The number of carbonyl (C=O) groups is 1. The Labute approximate surface area is 220 Å². The maximum Gasteiger partial charge on any atom is 0.322 e. The van der Waals surface area contributed by atoms with Crippen molar-refractivity contribution in [2.75, 3.05) is 6.61 Å². The van der Waals surface area contributed by atoms with Crippen LogP contribution < -0.4 is 9.46 Å². The van der Waals surface area contributed by atoms with Crippen molar-refractivity contribution in [2.45, 2.75) is 30.8 Å². The zero-order valence-electron chi connectivity index (χ0n) is 20.0. The topological polar surface area (TPSA) is 97.6 Å². The van der Waals surface area contributed by atoms with Crippen LogP contribution in [0.5, 0.6) is 5.75 Å². The van der Waals surface area contributed by atoms with Gasteiger partial charge in [0, 0.05) is 35.1 Å². The molecule has 0 saturated heterocycles. The van der Waals surface area contributed by atoms with Gasteiger partial charge in [0.25, 0.3) is 0 Å². The van der Waals surface area contributed by atoms with Crippen molar-refractivity contribution < 1.29 is 23.1 Å². The number of carboxylic acids is 1. The molecule has 0 bridgehead atoms. The summed E-state index contributed by atoms with van der Waals surface area (Å²) in [5, 5.41) is 11.4. The van der Waals surface area contributed by atoms with Crippen LogP contribution in [0, 0.1) is 11.8 Å². The fourth-order valence-electron chi connectivity index (χ4n) is 3.96. The molecule has 9 heteroatoms. The Balaban J connectivity index is 1.56. The third kappa shape index (κ3) is 6.52. The van der Waals surface area contributed by atoms with E-state index in [1.54, 1.807) is 6.92 Å². The third-order valence-corrected chi connectivity index (χ3v) is 7.52. The second-order valence-electron chi connectivity index (χ2n) is 8.33. The number of aromatic nitrogens is 1. The molecule has 0 saturated carbocycles. The van der Waals surface area contributed by atoms with E-state index < -0.39 is 22.0 Å². The Kier molecular flexibility index (Phi) is 8.19. The Morgan fingerprint density at radius 2 is 1.78 bits per heavy atom. The molecule has 1 atom stereocenters. The van der Waals surface area contributed by atoms with Gasteiger partial charge in [-0.3, -0.25) is 4.79 Å². The number of sulfonamides is 1. The van der Waals surface area contributed by atoms with Crippen molar-refractivity contribution in [3.8, 4) is 17.6 Å². The molecule has 7 nitrogen and oxygen atoms in total. The summed E-state index contributed by atoms with van der Waals surface area (Å²) in [6.45, 7) is 2.44. The molecule has 0 radical (unpaired) electrons. The Morgan fingerprint density at radius 1 is 1.08 bits per heavy atom. The second-order valence-corrected chi connectivity index (χ2v) is 10.5. The van der Waals surface area contributed by atoms with Crippen LogP contribution in [-0.2, 0) is 27.8 Å². The van der Waals surface area contributed by atoms with Crippen LogP contribution in [0.2, 0.25) is 5.02 Å². The number of benzene rings is 3. The lowest BCUT2D eigenvalue weighted by atomic mass is 10.1. The Hall–Kier alpha value is -3.77. The fourth-order valence-corrected chi connectivity index (χ4v) is 5.28. The summed E-state index contributed by atoms with van der Waals surface area (Å²) >= 11 is 6.00. The number of hydrogen-bond acceptors (Lipinski definition) is 4. The molecule has 2 N–H and O–H groups in total. The summed E-state index contributed by atoms with van der Waals surface area (Å²) in [5.74, 6) is 4.66. The first-order chi connectivity index (χ1) is 17.8. The van der Waals surface area contributed by atoms with Crippen molar-refractivity contribution >= 4 is 38.5 Å². The van der Waals surface area contributed by atoms with Crippen LogP contribution in [0.25, 0.3) is 10.9 Å². The number of halogens is 1. The van der Waals surface area contributed by atoms with Crippen molar-refractivity contribution in [1.82, 2.24) is 9.29 Å². The van der Waals surface area contributed by atoms with E-state index in [-0.39, 0.29) is 17.9 Å². The van der Waals surface area contributed by atoms with Gasteiger partial charge in [-0.05, 0) is 60.5 Å². The van der Waals surface area contributed by atoms with Crippen molar-refractivity contribution in [1.29, 1.82) is 0 Å². The smallest absolute Gasteiger partial charge is 0.322 e. The highest BCUT2D eigenvalue weighted by molar-refractivity contribution is 7.89. The number of fused-ring (bicyclic) bond motifs is 1. The van der Waals surface area contributed by atoms with Gasteiger partial charge in [0.15, 0.2) is 0 Å². The number of nitrogens with one attached hydrogen (secondary N) is 1. The predicted octanol–water partition coefficient (Wildman–Crippen LogP) is 4.72. The van der Waals surface area contributed by atoms with E-state index in [2.05, 4.69) is 16.6 Å². The van der Waals surface area contributed by atoms with Crippen LogP contribution in [0.4, 0.5) is 0 Å². The number of rotatable bonds is 10. The zero-order chi connectivity index (χ0) is 26.4. The lowest BCUT2D eigenvalue weighted by Crippen LogP contribution is -2.42. The molecular formula is C28H25ClN2O5S.